The summed E-state index contributed by atoms with van der Waals surface area (Å²) in [7, 11) is 3.10. The summed E-state index contributed by atoms with van der Waals surface area (Å²) in [5.74, 6) is 1.51. The van der Waals surface area contributed by atoms with E-state index in [0.29, 0.717) is 28.6 Å². The molecule has 2 aromatic carbocycles. The molecule has 0 aliphatic carbocycles. The number of halogens is 1. The average molecular weight is 418 g/mol. The van der Waals surface area contributed by atoms with Gasteiger partial charge in [-0.1, -0.05) is 5.16 Å². The third kappa shape index (κ3) is 5.71. The monoisotopic (exact) mass is 418 g/mol. The molecule has 0 aliphatic rings. The van der Waals surface area contributed by atoms with E-state index in [1.807, 2.05) is 0 Å². The van der Waals surface area contributed by atoms with Gasteiger partial charge in [-0.3, -0.25) is 4.79 Å². The summed E-state index contributed by atoms with van der Waals surface area (Å²) in [6.45, 7) is -0.120. The van der Waals surface area contributed by atoms with Gasteiger partial charge in [0.25, 0.3) is 5.89 Å². The van der Waals surface area contributed by atoms with Gasteiger partial charge < -0.3 is 18.7 Å². The number of carbonyl (C=O) groups excluding carboxylic acids is 1. The first-order chi connectivity index (χ1) is 14.1. The molecule has 1 heterocycles. The molecule has 1 aromatic heterocycles. The number of nitrogens with zero attached hydrogens (tertiary/aromatic N) is 2. The molecule has 0 saturated heterocycles. The van der Waals surface area contributed by atoms with Crippen LogP contribution >= 0.6 is 11.8 Å². The van der Waals surface area contributed by atoms with E-state index in [2.05, 4.69) is 10.1 Å². The van der Waals surface area contributed by atoms with Crippen LogP contribution in [0.2, 0.25) is 0 Å². The van der Waals surface area contributed by atoms with Crippen LogP contribution in [0.1, 0.15) is 12.3 Å². The summed E-state index contributed by atoms with van der Waals surface area (Å²) in [5.41, 5.74) is 0.630. The van der Waals surface area contributed by atoms with Gasteiger partial charge in [0.15, 0.2) is 6.61 Å². The highest BCUT2D eigenvalue weighted by molar-refractivity contribution is 7.99. The van der Waals surface area contributed by atoms with E-state index in [0.717, 1.165) is 4.90 Å². The molecule has 152 valence electrons. The molecule has 0 fully saturated rings. The predicted octanol–water partition coefficient (Wildman–Crippen LogP) is 4.12. The van der Waals surface area contributed by atoms with Gasteiger partial charge in [-0.2, -0.15) is 4.98 Å². The first kappa shape index (κ1) is 20.7. The molecule has 9 heteroatoms. The molecule has 0 amide bonds. The Morgan fingerprint density at radius 3 is 2.66 bits per heavy atom. The number of esters is 1. The predicted molar refractivity (Wildman–Crippen MR) is 104 cm³/mol. The second-order valence-electron chi connectivity index (χ2n) is 5.79. The van der Waals surface area contributed by atoms with E-state index < -0.39 is 0 Å². The maximum atomic E-state index is 12.9. The quantitative estimate of drug-likeness (QED) is 0.379. The van der Waals surface area contributed by atoms with Crippen molar-refractivity contribution in [3.63, 3.8) is 0 Å². The summed E-state index contributed by atoms with van der Waals surface area (Å²) in [4.78, 5) is 17.0. The summed E-state index contributed by atoms with van der Waals surface area (Å²) >= 11 is 1.44. The van der Waals surface area contributed by atoms with Crippen LogP contribution in [-0.2, 0) is 16.1 Å². The molecule has 0 spiro atoms. The minimum Gasteiger partial charge on any atom is -0.497 e. The number of carbonyl (C=O) groups is 1. The zero-order valence-electron chi connectivity index (χ0n) is 15.9. The van der Waals surface area contributed by atoms with Crippen LogP contribution < -0.4 is 9.47 Å². The molecule has 3 aromatic rings. The Morgan fingerprint density at radius 1 is 1.14 bits per heavy atom. The fourth-order valence-corrected chi connectivity index (χ4v) is 3.24. The Hall–Kier alpha value is -3.07. The lowest BCUT2D eigenvalue weighted by atomic mass is 10.2. The number of hydrogen-bond donors (Lipinski definition) is 0. The Bertz CT molecular complexity index is 962. The van der Waals surface area contributed by atoms with E-state index in [9.17, 15) is 9.18 Å². The highest BCUT2D eigenvalue weighted by Crippen LogP contribution is 2.31. The van der Waals surface area contributed by atoms with Crippen molar-refractivity contribution in [2.45, 2.75) is 17.9 Å². The molecule has 3 rings (SSSR count). The van der Waals surface area contributed by atoms with Gasteiger partial charge in [-0.15, -0.1) is 11.8 Å². The van der Waals surface area contributed by atoms with Crippen molar-refractivity contribution in [3.05, 3.63) is 54.2 Å². The summed E-state index contributed by atoms with van der Waals surface area (Å²) in [6, 6.07) is 11.3. The van der Waals surface area contributed by atoms with Gasteiger partial charge in [0.2, 0.25) is 5.82 Å². The highest BCUT2D eigenvalue weighted by Gasteiger charge is 2.15. The molecule has 29 heavy (non-hydrogen) atoms. The minimum atomic E-state index is -0.388. The van der Waals surface area contributed by atoms with Crippen LogP contribution in [0.15, 0.2) is 51.9 Å². The number of aromatic nitrogens is 2. The molecule has 0 N–H and O–H groups in total. The Labute approximate surface area is 171 Å². The molecular weight excluding hydrogens is 399 g/mol. The van der Waals surface area contributed by atoms with Crippen LogP contribution in [0.25, 0.3) is 11.4 Å². The molecule has 0 atom stereocenters. The lowest BCUT2D eigenvalue weighted by Crippen LogP contribution is -2.05. The van der Waals surface area contributed by atoms with Crippen molar-refractivity contribution in [2.24, 2.45) is 0 Å². The molecule has 7 nitrogen and oxygen atoms in total. The molecule has 0 unspecified atom stereocenters. The number of ether oxygens (including phenoxy) is 3. The standard InChI is InChI=1S/C20H19FN2O5S/c1-25-14-5-8-16(17(11-14)26-2)20-22-18(28-23-20)12-27-19(24)9-10-29-15-6-3-13(21)4-7-15/h3-8,11H,9-10,12H2,1-2H3. The normalized spacial score (nSPS) is 10.6. The van der Waals surface area contributed by atoms with Crippen molar-refractivity contribution in [3.8, 4) is 22.9 Å². The Balaban J connectivity index is 1.50. The largest absolute Gasteiger partial charge is 0.497 e. The van der Waals surface area contributed by atoms with Crippen molar-refractivity contribution >= 4 is 17.7 Å². The number of hydrogen-bond acceptors (Lipinski definition) is 8. The van der Waals surface area contributed by atoms with E-state index in [-0.39, 0.29) is 30.7 Å². The van der Waals surface area contributed by atoms with Crippen LogP contribution in [0.4, 0.5) is 4.39 Å². The summed E-state index contributed by atoms with van der Waals surface area (Å²) in [5, 5.41) is 3.90. The fourth-order valence-electron chi connectivity index (χ4n) is 2.40. The van der Waals surface area contributed by atoms with Crippen molar-refractivity contribution in [1.82, 2.24) is 10.1 Å². The zero-order chi connectivity index (χ0) is 20.6. The van der Waals surface area contributed by atoms with Crippen LogP contribution in [0, 0.1) is 5.82 Å². The maximum Gasteiger partial charge on any atom is 0.307 e. The first-order valence-corrected chi connectivity index (χ1v) is 9.66. The zero-order valence-corrected chi connectivity index (χ0v) is 16.7. The number of rotatable bonds is 9. The molecule has 0 aliphatic heterocycles. The van der Waals surface area contributed by atoms with Crippen molar-refractivity contribution in [2.75, 3.05) is 20.0 Å². The SMILES string of the molecule is COc1ccc(-c2noc(COC(=O)CCSc3ccc(F)cc3)n2)c(OC)c1. The topological polar surface area (TPSA) is 83.7 Å². The van der Waals surface area contributed by atoms with Gasteiger partial charge in [0.05, 0.1) is 26.2 Å². The number of thioether (sulfide) groups is 1. The van der Waals surface area contributed by atoms with Crippen LogP contribution in [0.5, 0.6) is 11.5 Å². The van der Waals surface area contributed by atoms with Gasteiger partial charge >= 0.3 is 5.97 Å². The Kier molecular flexibility index (Phi) is 7.07. The summed E-state index contributed by atoms with van der Waals surface area (Å²) in [6.07, 6.45) is 0.204. The van der Waals surface area contributed by atoms with Gasteiger partial charge in [-0.05, 0) is 36.4 Å². The fraction of sp³-hybridized carbons (Fsp3) is 0.250. The van der Waals surface area contributed by atoms with E-state index in [1.165, 1.54) is 31.0 Å². The van der Waals surface area contributed by atoms with Crippen LogP contribution in [0.3, 0.4) is 0 Å². The van der Waals surface area contributed by atoms with Crippen LogP contribution in [-0.4, -0.2) is 36.1 Å². The highest BCUT2D eigenvalue weighted by atomic mass is 32.2. The van der Waals surface area contributed by atoms with E-state index in [4.69, 9.17) is 18.7 Å². The smallest absolute Gasteiger partial charge is 0.307 e. The molecular formula is C20H19FN2O5S. The van der Waals surface area contributed by atoms with Gasteiger partial charge in [0.1, 0.15) is 17.3 Å². The summed E-state index contributed by atoms with van der Waals surface area (Å²) < 4.78 is 33.7. The lowest BCUT2D eigenvalue weighted by Gasteiger charge is -2.07. The second-order valence-corrected chi connectivity index (χ2v) is 6.96. The third-order valence-electron chi connectivity index (χ3n) is 3.86. The average Bonchev–Trinajstić information content (AvgIpc) is 3.22. The van der Waals surface area contributed by atoms with Gasteiger partial charge in [0, 0.05) is 16.7 Å². The van der Waals surface area contributed by atoms with Gasteiger partial charge in [-0.25, -0.2) is 4.39 Å². The number of methoxy groups -OCH3 is 2. The molecule has 0 saturated carbocycles. The van der Waals surface area contributed by atoms with Crippen molar-refractivity contribution in [1.29, 1.82) is 0 Å². The lowest BCUT2D eigenvalue weighted by molar-refractivity contribution is -0.145. The Morgan fingerprint density at radius 2 is 1.93 bits per heavy atom. The second kappa shape index (κ2) is 9.92. The van der Waals surface area contributed by atoms with Crippen molar-refractivity contribution < 1.29 is 27.9 Å². The van der Waals surface area contributed by atoms with E-state index in [1.54, 1.807) is 37.4 Å². The maximum absolute atomic E-state index is 12.9. The molecule has 0 radical (unpaired) electrons. The molecule has 0 bridgehead atoms. The third-order valence-corrected chi connectivity index (χ3v) is 4.88. The first-order valence-electron chi connectivity index (χ1n) is 8.68. The minimum absolute atomic E-state index is 0.120. The number of benzene rings is 2. The van der Waals surface area contributed by atoms with E-state index >= 15 is 0 Å².